The first-order valence-corrected chi connectivity index (χ1v) is 11.6. The van der Waals surface area contributed by atoms with Gasteiger partial charge in [-0.15, -0.1) is 0 Å². The summed E-state index contributed by atoms with van der Waals surface area (Å²) in [4.78, 5) is 13.8. The average molecular weight is 460 g/mol. The Hall–Kier alpha value is -2.31. The lowest BCUT2D eigenvalue weighted by molar-refractivity contribution is 0.0692. The van der Waals surface area contributed by atoms with Crippen LogP contribution in [-0.2, 0) is 11.8 Å². The van der Waals surface area contributed by atoms with Crippen molar-refractivity contribution in [1.29, 1.82) is 0 Å². The van der Waals surface area contributed by atoms with Crippen LogP contribution in [0.15, 0.2) is 30.3 Å². The molecule has 5 nitrogen and oxygen atoms in total. The number of carbonyl (C=O) groups is 1. The molecule has 7 heteroatoms. The second-order valence-electron chi connectivity index (χ2n) is 9.49. The first kappa shape index (κ1) is 21.5. The summed E-state index contributed by atoms with van der Waals surface area (Å²) >= 11 is 6.27. The summed E-state index contributed by atoms with van der Waals surface area (Å²) in [5, 5.41) is 19.9. The number of fused-ring (bicyclic) bond motifs is 3. The number of aliphatic hydroxyl groups is 1. The molecular weight excluding hydrogens is 433 g/mol. The zero-order valence-corrected chi connectivity index (χ0v) is 18.6. The van der Waals surface area contributed by atoms with Gasteiger partial charge >= 0.3 is 5.97 Å². The number of benzene rings is 2. The third-order valence-electron chi connectivity index (χ3n) is 7.62. The third-order valence-corrected chi connectivity index (χ3v) is 7.86. The Balaban J connectivity index is 1.59. The van der Waals surface area contributed by atoms with E-state index in [1.54, 1.807) is 0 Å². The number of nitrogens with zero attached hydrogens (tertiary/aromatic N) is 1. The van der Waals surface area contributed by atoms with Gasteiger partial charge in [0, 0.05) is 36.2 Å². The molecule has 32 heavy (non-hydrogen) atoms. The van der Waals surface area contributed by atoms with Gasteiger partial charge in [0.05, 0.1) is 17.9 Å². The van der Waals surface area contributed by atoms with Crippen LogP contribution in [0.2, 0.25) is 5.02 Å². The van der Waals surface area contributed by atoms with Gasteiger partial charge in [0.25, 0.3) is 0 Å². The fourth-order valence-corrected chi connectivity index (χ4v) is 5.89. The maximum absolute atomic E-state index is 14.5. The van der Waals surface area contributed by atoms with E-state index in [-0.39, 0.29) is 23.5 Å². The molecule has 3 atom stereocenters. The highest BCUT2D eigenvalue weighted by atomic mass is 35.5. The molecule has 2 aliphatic carbocycles. The van der Waals surface area contributed by atoms with Gasteiger partial charge in [0.15, 0.2) is 0 Å². The van der Waals surface area contributed by atoms with Gasteiger partial charge in [-0.05, 0) is 73.3 Å². The fourth-order valence-electron chi connectivity index (χ4n) is 5.70. The van der Waals surface area contributed by atoms with E-state index in [1.807, 2.05) is 12.1 Å². The maximum atomic E-state index is 14.5. The summed E-state index contributed by atoms with van der Waals surface area (Å²) in [7, 11) is 0. The second kappa shape index (κ2) is 8.23. The number of aryl methyl sites for hydroxylation is 1. The van der Waals surface area contributed by atoms with Crippen LogP contribution in [0, 0.1) is 17.7 Å². The van der Waals surface area contributed by atoms with E-state index in [0.717, 1.165) is 32.1 Å². The van der Waals surface area contributed by atoms with Gasteiger partial charge < -0.3 is 19.8 Å². The molecule has 1 aliphatic heterocycles. The van der Waals surface area contributed by atoms with Crippen molar-refractivity contribution in [2.24, 2.45) is 11.8 Å². The van der Waals surface area contributed by atoms with Crippen molar-refractivity contribution in [2.75, 3.05) is 31.2 Å². The second-order valence-corrected chi connectivity index (χ2v) is 9.93. The molecule has 0 amide bonds. The van der Waals surface area contributed by atoms with E-state index in [4.69, 9.17) is 16.3 Å². The number of aliphatic hydroxyl groups excluding tert-OH is 1. The van der Waals surface area contributed by atoms with Gasteiger partial charge in [-0.3, -0.25) is 0 Å². The van der Waals surface area contributed by atoms with Crippen molar-refractivity contribution in [3.8, 4) is 5.75 Å². The lowest BCUT2D eigenvalue weighted by atomic mass is 9.69. The van der Waals surface area contributed by atoms with E-state index in [9.17, 15) is 19.4 Å². The number of carboxylic acid groups (broad SMARTS) is 1. The molecule has 170 valence electrons. The van der Waals surface area contributed by atoms with Crippen LogP contribution in [0.25, 0.3) is 0 Å². The van der Waals surface area contributed by atoms with E-state index in [1.165, 1.54) is 23.3 Å². The summed E-state index contributed by atoms with van der Waals surface area (Å²) in [6.07, 6.45) is 4.89. The normalized spacial score (nSPS) is 26.5. The Morgan fingerprint density at radius 1 is 1.25 bits per heavy atom. The number of hydrogen-bond donors (Lipinski definition) is 2. The zero-order valence-electron chi connectivity index (χ0n) is 17.8. The van der Waals surface area contributed by atoms with E-state index < -0.39 is 11.8 Å². The zero-order chi connectivity index (χ0) is 22.5. The molecule has 1 saturated carbocycles. The summed E-state index contributed by atoms with van der Waals surface area (Å²) in [6, 6.07) is 8.63. The summed E-state index contributed by atoms with van der Waals surface area (Å²) in [5.74, 6) is -1.14. The Kier molecular flexibility index (Phi) is 5.54. The van der Waals surface area contributed by atoms with Crippen LogP contribution in [0.3, 0.4) is 0 Å². The van der Waals surface area contributed by atoms with Crippen LogP contribution in [0.4, 0.5) is 10.1 Å². The molecule has 0 bridgehead atoms. The molecule has 2 aromatic rings. The van der Waals surface area contributed by atoms with E-state index >= 15 is 0 Å². The van der Waals surface area contributed by atoms with Crippen LogP contribution in [0.5, 0.6) is 5.75 Å². The van der Waals surface area contributed by atoms with Crippen molar-refractivity contribution in [2.45, 2.75) is 37.5 Å². The Labute approximate surface area is 191 Å². The number of rotatable bonds is 4. The third kappa shape index (κ3) is 3.63. The number of ether oxygens (including phenoxy) is 1. The Morgan fingerprint density at radius 2 is 2.06 bits per heavy atom. The predicted octanol–water partition coefficient (Wildman–Crippen LogP) is 4.67. The molecule has 2 aromatic carbocycles. The minimum Gasteiger partial charge on any atom is -0.490 e. The van der Waals surface area contributed by atoms with Crippen molar-refractivity contribution in [3.05, 3.63) is 57.9 Å². The minimum absolute atomic E-state index is 0.151. The highest BCUT2D eigenvalue weighted by Gasteiger charge is 2.43. The SMILES string of the molecule is O=C(O)c1cc2c(cc1F)OCC1(CCCc3cc(Cl)ccc31)CN2C[C@@H]1CC[C@H]1CO. The van der Waals surface area contributed by atoms with Crippen LogP contribution in [-0.4, -0.2) is 42.5 Å². The lowest BCUT2D eigenvalue weighted by Gasteiger charge is -2.44. The number of halogens is 2. The van der Waals surface area contributed by atoms with Gasteiger partial charge in [0.2, 0.25) is 0 Å². The minimum atomic E-state index is -1.29. The maximum Gasteiger partial charge on any atom is 0.338 e. The summed E-state index contributed by atoms with van der Waals surface area (Å²) in [5.41, 5.74) is 2.39. The smallest absolute Gasteiger partial charge is 0.338 e. The molecule has 1 fully saturated rings. The van der Waals surface area contributed by atoms with Crippen molar-refractivity contribution >= 4 is 23.3 Å². The molecule has 1 heterocycles. The fraction of sp³-hybridized carbons (Fsp3) is 0.480. The van der Waals surface area contributed by atoms with Gasteiger partial charge in [-0.25, -0.2) is 9.18 Å². The molecule has 0 aromatic heterocycles. The highest BCUT2D eigenvalue weighted by Crippen LogP contribution is 2.46. The molecule has 1 spiro atoms. The van der Waals surface area contributed by atoms with Crippen molar-refractivity contribution < 1.29 is 24.1 Å². The molecular formula is C25H27ClFNO4. The largest absolute Gasteiger partial charge is 0.490 e. The molecule has 1 unspecified atom stereocenters. The quantitative estimate of drug-likeness (QED) is 0.695. The predicted molar refractivity (Wildman–Crippen MR) is 120 cm³/mol. The van der Waals surface area contributed by atoms with Crippen molar-refractivity contribution in [1.82, 2.24) is 0 Å². The number of carboxylic acids is 1. The lowest BCUT2D eigenvalue weighted by Crippen LogP contribution is -2.48. The first-order valence-electron chi connectivity index (χ1n) is 11.2. The van der Waals surface area contributed by atoms with Gasteiger partial charge in [-0.1, -0.05) is 17.7 Å². The molecule has 2 N–H and O–H groups in total. The highest BCUT2D eigenvalue weighted by molar-refractivity contribution is 6.30. The Bertz CT molecular complexity index is 1060. The molecule has 3 aliphatic rings. The van der Waals surface area contributed by atoms with E-state index in [2.05, 4.69) is 11.0 Å². The van der Waals surface area contributed by atoms with Crippen LogP contribution >= 0.6 is 11.6 Å². The first-order chi connectivity index (χ1) is 15.4. The standard InChI is InChI=1S/C25H27ClFNO4/c26-18-5-6-20-15(8-18)2-1-7-25(20)13-28(11-16-3-4-17(16)12-29)22-9-19(24(30)31)21(27)10-23(22)32-14-25/h5-6,8-10,16-17,29H,1-4,7,11-14H2,(H,30,31)/t16-,17-,25?/m0/s1. The number of anilines is 1. The van der Waals surface area contributed by atoms with Gasteiger partial charge in [-0.2, -0.15) is 0 Å². The summed E-state index contributed by atoms with van der Waals surface area (Å²) < 4.78 is 20.7. The Morgan fingerprint density at radius 3 is 2.78 bits per heavy atom. The van der Waals surface area contributed by atoms with Crippen LogP contribution < -0.4 is 9.64 Å². The molecule has 0 radical (unpaired) electrons. The topological polar surface area (TPSA) is 70.0 Å². The van der Waals surface area contributed by atoms with Crippen molar-refractivity contribution in [3.63, 3.8) is 0 Å². The van der Waals surface area contributed by atoms with Gasteiger partial charge in [0.1, 0.15) is 11.6 Å². The van der Waals surface area contributed by atoms with E-state index in [0.29, 0.717) is 42.1 Å². The number of aromatic carboxylic acids is 1. The average Bonchev–Trinajstić information content (AvgIpc) is 2.88. The molecule has 0 saturated heterocycles. The molecule has 5 rings (SSSR count). The monoisotopic (exact) mass is 459 g/mol. The summed E-state index contributed by atoms with van der Waals surface area (Å²) in [6.45, 7) is 1.87. The van der Waals surface area contributed by atoms with Crippen LogP contribution in [0.1, 0.15) is 47.2 Å². The number of hydrogen-bond acceptors (Lipinski definition) is 4.